The molecule has 2 nitrogen and oxygen atoms in total. The quantitative estimate of drug-likeness (QED) is 0.813. The second-order valence-electron chi connectivity index (χ2n) is 5.19. The first kappa shape index (κ1) is 13.3. The van der Waals surface area contributed by atoms with Crippen molar-refractivity contribution in [1.29, 1.82) is 0 Å². The van der Waals surface area contributed by atoms with Crippen LogP contribution < -0.4 is 11.1 Å². The van der Waals surface area contributed by atoms with Crippen LogP contribution in [0.25, 0.3) is 0 Å². The molecule has 1 aromatic rings. The Morgan fingerprint density at radius 1 is 1.39 bits per heavy atom. The number of hydrogen-bond donors (Lipinski definition) is 2. The van der Waals surface area contributed by atoms with Crippen molar-refractivity contribution in [2.75, 3.05) is 5.32 Å². The molecule has 0 saturated heterocycles. The Balaban J connectivity index is 2.07. The van der Waals surface area contributed by atoms with Gasteiger partial charge in [-0.15, -0.1) is 0 Å². The Kier molecular flexibility index (Phi) is 4.59. The number of rotatable bonds is 4. The van der Waals surface area contributed by atoms with E-state index in [2.05, 4.69) is 18.3 Å². The molecule has 2 atom stereocenters. The predicted octanol–water partition coefficient (Wildman–Crippen LogP) is 3.70. The van der Waals surface area contributed by atoms with Crippen LogP contribution in [0.3, 0.4) is 0 Å². The highest BCUT2D eigenvalue weighted by molar-refractivity contribution is 7.80. The number of thiocarbonyl (C=S) groups is 1. The van der Waals surface area contributed by atoms with E-state index in [9.17, 15) is 0 Å². The van der Waals surface area contributed by atoms with Crippen LogP contribution in [0.15, 0.2) is 24.3 Å². The maximum absolute atomic E-state index is 5.76. The lowest BCUT2D eigenvalue weighted by Gasteiger charge is -2.30. The fourth-order valence-electron chi connectivity index (χ4n) is 2.84. The van der Waals surface area contributed by atoms with Gasteiger partial charge in [-0.25, -0.2) is 0 Å². The first-order chi connectivity index (χ1) is 8.70. The lowest BCUT2D eigenvalue weighted by molar-refractivity contribution is 0.327. The van der Waals surface area contributed by atoms with Gasteiger partial charge in [0.1, 0.15) is 4.99 Å². The number of benzene rings is 1. The Hall–Kier alpha value is -1.09. The fourth-order valence-corrected chi connectivity index (χ4v) is 3.01. The van der Waals surface area contributed by atoms with Crippen molar-refractivity contribution in [3.05, 3.63) is 29.8 Å². The maximum atomic E-state index is 5.76. The molecule has 0 spiro atoms. The zero-order valence-electron chi connectivity index (χ0n) is 11.0. The summed E-state index contributed by atoms with van der Waals surface area (Å²) in [5.74, 6) is 0.869. The molecule has 1 saturated carbocycles. The molecular weight excluding hydrogens is 240 g/mol. The van der Waals surface area contributed by atoms with E-state index in [-0.39, 0.29) is 0 Å². The summed E-state index contributed by atoms with van der Waals surface area (Å²) in [5, 5.41) is 3.63. The Bertz CT molecular complexity index is 417. The van der Waals surface area contributed by atoms with Crippen LogP contribution in [-0.4, -0.2) is 11.0 Å². The average Bonchev–Trinajstić information content (AvgIpc) is 2.39. The highest BCUT2D eigenvalue weighted by atomic mass is 32.1. The second-order valence-corrected chi connectivity index (χ2v) is 5.63. The molecule has 3 heteroatoms. The lowest BCUT2D eigenvalue weighted by atomic mass is 9.84. The standard InChI is InChI=1S/C15H22N2S/c1-2-11-6-5-7-12(10-11)17-14-9-4-3-8-13(14)15(16)18/h3-4,8-9,11-12,17H,2,5-7,10H2,1H3,(H2,16,18). The number of hydrogen-bond acceptors (Lipinski definition) is 2. The van der Waals surface area contributed by atoms with Gasteiger partial charge in [-0.1, -0.05) is 50.5 Å². The summed E-state index contributed by atoms with van der Waals surface area (Å²) in [5.41, 5.74) is 7.82. The fraction of sp³-hybridized carbons (Fsp3) is 0.533. The molecule has 0 bridgehead atoms. The van der Waals surface area contributed by atoms with Gasteiger partial charge in [0, 0.05) is 17.3 Å². The number of nitrogens with one attached hydrogen (secondary N) is 1. The Morgan fingerprint density at radius 2 is 2.17 bits per heavy atom. The third kappa shape index (κ3) is 3.22. The van der Waals surface area contributed by atoms with Gasteiger partial charge in [0.2, 0.25) is 0 Å². The number of nitrogens with two attached hydrogens (primary N) is 1. The van der Waals surface area contributed by atoms with Gasteiger partial charge >= 0.3 is 0 Å². The van der Waals surface area contributed by atoms with E-state index >= 15 is 0 Å². The molecule has 98 valence electrons. The summed E-state index contributed by atoms with van der Waals surface area (Å²) >= 11 is 5.10. The molecule has 18 heavy (non-hydrogen) atoms. The highest BCUT2D eigenvalue weighted by Gasteiger charge is 2.21. The molecule has 0 amide bonds. The van der Waals surface area contributed by atoms with E-state index < -0.39 is 0 Å². The minimum Gasteiger partial charge on any atom is -0.389 e. The van der Waals surface area contributed by atoms with Crippen LogP contribution in [0, 0.1) is 5.92 Å². The largest absolute Gasteiger partial charge is 0.389 e. The molecule has 1 aliphatic rings. The molecule has 2 rings (SSSR count). The predicted molar refractivity (Wildman–Crippen MR) is 82.0 cm³/mol. The highest BCUT2D eigenvalue weighted by Crippen LogP contribution is 2.29. The van der Waals surface area contributed by atoms with Crippen LogP contribution >= 0.6 is 12.2 Å². The molecule has 1 fully saturated rings. The van der Waals surface area contributed by atoms with Crippen molar-refractivity contribution in [2.45, 2.75) is 45.1 Å². The van der Waals surface area contributed by atoms with E-state index in [1.165, 1.54) is 32.1 Å². The summed E-state index contributed by atoms with van der Waals surface area (Å²) in [4.78, 5) is 0.473. The van der Waals surface area contributed by atoms with E-state index in [0.717, 1.165) is 17.2 Å². The zero-order chi connectivity index (χ0) is 13.0. The van der Waals surface area contributed by atoms with Gasteiger partial charge in [-0.05, 0) is 30.9 Å². The van der Waals surface area contributed by atoms with E-state index in [1.807, 2.05) is 18.2 Å². The second kappa shape index (κ2) is 6.19. The molecule has 0 aliphatic heterocycles. The molecule has 0 aromatic heterocycles. The van der Waals surface area contributed by atoms with Crippen LogP contribution in [0.2, 0.25) is 0 Å². The van der Waals surface area contributed by atoms with Crippen molar-refractivity contribution in [1.82, 2.24) is 0 Å². The smallest absolute Gasteiger partial charge is 0.106 e. The van der Waals surface area contributed by atoms with Crippen molar-refractivity contribution in [3.8, 4) is 0 Å². The van der Waals surface area contributed by atoms with Gasteiger partial charge in [0.05, 0.1) is 0 Å². The molecule has 3 N–H and O–H groups in total. The van der Waals surface area contributed by atoms with E-state index in [4.69, 9.17) is 18.0 Å². The minimum atomic E-state index is 0.473. The van der Waals surface area contributed by atoms with Crippen LogP contribution in [-0.2, 0) is 0 Å². The van der Waals surface area contributed by atoms with Gasteiger partial charge in [-0.3, -0.25) is 0 Å². The van der Waals surface area contributed by atoms with Crippen LogP contribution in [0.4, 0.5) is 5.69 Å². The third-order valence-corrected chi connectivity index (χ3v) is 4.13. The van der Waals surface area contributed by atoms with Crippen LogP contribution in [0.1, 0.15) is 44.6 Å². The first-order valence-corrected chi connectivity index (χ1v) is 7.27. The van der Waals surface area contributed by atoms with Gasteiger partial charge in [0.25, 0.3) is 0 Å². The SMILES string of the molecule is CCC1CCCC(Nc2ccccc2C(N)=S)C1. The Labute approximate surface area is 115 Å². The van der Waals surface area contributed by atoms with E-state index in [1.54, 1.807) is 0 Å². The molecule has 2 unspecified atom stereocenters. The zero-order valence-corrected chi connectivity index (χ0v) is 11.8. The van der Waals surface area contributed by atoms with Crippen molar-refractivity contribution in [3.63, 3.8) is 0 Å². The summed E-state index contributed by atoms with van der Waals surface area (Å²) in [6.07, 6.45) is 6.51. The normalized spacial score (nSPS) is 23.6. The molecule has 0 radical (unpaired) electrons. The first-order valence-electron chi connectivity index (χ1n) is 6.86. The Morgan fingerprint density at radius 3 is 2.89 bits per heavy atom. The summed E-state index contributed by atoms with van der Waals surface area (Å²) in [6.45, 7) is 2.29. The lowest BCUT2D eigenvalue weighted by Crippen LogP contribution is -2.28. The average molecular weight is 262 g/mol. The van der Waals surface area contributed by atoms with Crippen molar-refractivity contribution >= 4 is 22.9 Å². The summed E-state index contributed by atoms with van der Waals surface area (Å²) < 4.78 is 0. The monoisotopic (exact) mass is 262 g/mol. The van der Waals surface area contributed by atoms with Gasteiger partial charge in [-0.2, -0.15) is 0 Å². The van der Waals surface area contributed by atoms with Crippen molar-refractivity contribution < 1.29 is 0 Å². The number of anilines is 1. The molecule has 1 aromatic carbocycles. The third-order valence-electron chi connectivity index (χ3n) is 3.91. The van der Waals surface area contributed by atoms with Crippen LogP contribution in [0.5, 0.6) is 0 Å². The molecule has 1 aliphatic carbocycles. The van der Waals surface area contributed by atoms with E-state index in [0.29, 0.717) is 11.0 Å². The summed E-state index contributed by atoms with van der Waals surface area (Å²) in [7, 11) is 0. The minimum absolute atomic E-state index is 0.473. The number of para-hydroxylation sites is 1. The van der Waals surface area contributed by atoms with Gasteiger partial charge in [0.15, 0.2) is 0 Å². The topological polar surface area (TPSA) is 38.0 Å². The van der Waals surface area contributed by atoms with Gasteiger partial charge < -0.3 is 11.1 Å². The van der Waals surface area contributed by atoms with Crippen molar-refractivity contribution in [2.24, 2.45) is 11.7 Å². The molecule has 0 heterocycles. The summed E-state index contributed by atoms with van der Waals surface area (Å²) in [6, 6.07) is 8.65. The maximum Gasteiger partial charge on any atom is 0.106 e. The molecular formula is C15H22N2S.